The Bertz CT molecular complexity index is 705. The van der Waals surface area contributed by atoms with Crippen LogP contribution in [0.5, 0.6) is 0 Å². The van der Waals surface area contributed by atoms with Gasteiger partial charge < -0.3 is 5.32 Å². The van der Waals surface area contributed by atoms with Crippen molar-refractivity contribution in [3.05, 3.63) is 64.9 Å². The number of benzene rings is 2. The largest absolute Gasteiger partial charge is 0.316 e. The Kier molecular flexibility index (Phi) is 4.27. The molecule has 108 valence electrons. The smallest absolute Gasteiger partial charge is 0.126 e. The van der Waals surface area contributed by atoms with Crippen LogP contribution in [0.4, 0.5) is 4.39 Å². The van der Waals surface area contributed by atoms with E-state index in [4.69, 9.17) is 0 Å². The summed E-state index contributed by atoms with van der Waals surface area (Å²) in [5.41, 5.74) is 1.79. The molecule has 2 aromatic carbocycles. The van der Waals surface area contributed by atoms with Gasteiger partial charge >= 0.3 is 0 Å². The normalized spacial score (nSPS) is 12.7. The van der Waals surface area contributed by atoms with E-state index in [2.05, 4.69) is 16.4 Å². The zero-order valence-electron chi connectivity index (χ0n) is 11.8. The summed E-state index contributed by atoms with van der Waals surface area (Å²) in [6.07, 6.45) is 1.48. The van der Waals surface area contributed by atoms with E-state index >= 15 is 0 Å². The first kappa shape index (κ1) is 14.2. The third kappa shape index (κ3) is 3.28. The van der Waals surface area contributed by atoms with Gasteiger partial charge in [-0.1, -0.05) is 30.3 Å². The van der Waals surface area contributed by atoms with Crippen molar-refractivity contribution >= 4 is 21.6 Å². The highest BCUT2D eigenvalue weighted by molar-refractivity contribution is 7.18. The molecule has 0 amide bonds. The van der Waals surface area contributed by atoms with Crippen molar-refractivity contribution in [2.75, 3.05) is 7.05 Å². The second-order valence-corrected chi connectivity index (χ2v) is 6.18. The number of nitrogens with zero attached hydrogens (tertiary/aromatic N) is 1. The maximum atomic E-state index is 13.8. The van der Waals surface area contributed by atoms with Crippen LogP contribution < -0.4 is 5.32 Å². The summed E-state index contributed by atoms with van der Waals surface area (Å²) in [5, 5.41) is 4.36. The molecule has 0 spiro atoms. The number of hydrogen-bond acceptors (Lipinski definition) is 3. The monoisotopic (exact) mass is 300 g/mol. The number of nitrogens with one attached hydrogen (secondary N) is 1. The average Bonchev–Trinajstić information content (AvgIpc) is 2.91. The molecule has 0 saturated carbocycles. The van der Waals surface area contributed by atoms with E-state index in [1.54, 1.807) is 17.4 Å². The van der Waals surface area contributed by atoms with Gasteiger partial charge in [0.05, 0.1) is 15.2 Å². The number of thiazole rings is 1. The number of likely N-dealkylation sites (N-methyl/N-ethyl adjacent to an activating group) is 1. The second-order valence-electron chi connectivity index (χ2n) is 5.06. The highest BCUT2D eigenvalue weighted by Gasteiger charge is 2.13. The Morgan fingerprint density at radius 3 is 2.62 bits per heavy atom. The number of halogens is 1. The zero-order chi connectivity index (χ0) is 14.7. The van der Waals surface area contributed by atoms with Gasteiger partial charge in [-0.2, -0.15) is 0 Å². The summed E-state index contributed by atoms with van der Waals surface area (Å²) >= 11 is 1.71. The molecule has 3 aromatic rings. The lowest BCUT2D eigenvalue weighted by Gasteiger charge is -2.15. The third-order valence-corrected chi connectivity index (χ3v) is 4.65. The lowest BCUT2D eigenvalue weighted by atomic mass is 10.0. The van der Waals surface area contributed by atoms with Gasteiger partial charge in [0.2, 0.25) is 0 Å². The van der Waals surface area contributed by atoms with Crippen LogP contribution in [0.3, 0.4) is 0 Å². The minimum Gasteiger partial charge on any atom is -0.316 e. The average molecular weight is 300 g/mol. The second kappa shape index (κ2) is 6.33. The molecule has 3 rings (SSSR count). The van der Waals surface area contributed by atoms with Gasteiger partial charge in [0.1, 0.15) is 5.82 Å². The Labute approximate surface area is 127 Å². The molecule has 1 heterocycles. The summed E-state index contributed by atoms with van der Waals surface area (Å²) in [6, 6.07) is 15.3. The zero-order valence-corrected chi connectivity index (χ0v) is 12.7. The fourth-order valence-corrected chi connectivity index (χ4v) is 3.47. The Morgan fingerprint density at radius 2 is 1.86 bits per heavy atom. The van der Waals surface area contributed by atoms with Crippen molar-refractivity contribution in [1.29, 1.82) is 0 Å². The molecular weight excluding hydrogens is 283 g/mol. The number of fused-ring (bicyclic) bond motifs is 1. The van der Waals surface area contributed by atoms with Crippen molar-refractivity contribution in [3.63, 3.8) is 0 Å². The minimum absolute atomic E-state index is 0.137. The van der Waals surface area contributed by atoms with E-state index in [1.165, 1.54) is 10.8 Å². The number of hydrogen-bond donors (Lipinski definition) is 1. The van der Waals surface area contributed by atoms with E-state index in [9.17, 15) is 4.39 Å². The standard InChI is InChI=1S/C17H17FN2S/c1-19-13(10-12-6-2-3-7-14(12)18)11-17-20-15-8-4-5-9-16(15)21-17/h2-9,13,19H,10-11H2,1H3. The molecule has 0 saturated heterocycles. The minimum atomic E-state index is -0.137. The highest BCUT2D eigenvalue weighted by Crippen LogP contribution is 2.23. The van der Waals surface area contributed by atoms with Gasteiger partial charge in [-0.05, 0) is 37.2 Å². The molecule has 0 aliphatic carbocycles. The Balaban J connectivity index is 1.76. The van der Waals surface area contributed by atoms with Crippen molar-refractivity contribution < 1.29 is 4.39 Å². The quantitative estimate of drug-likeness (QED) is 0.775. The number of rotatable bonds is 5. The molecule has 21 heavy (non-hydrogen) atoms. The first-order valence-corrected chi connectivity index (χ1v) is 7.83. The summed E-state index contributed by atoms with van der Waals surface area (Å²) in [5.74, 6) is -0.137. The van der Waals surface area contributed by atoms with Crippen LogP contribution in [0.2, 0.25) is 0 Å². The summed E-state index contributed by atoms with van der Waals surface area (Å²) in [4.78, 5) is 4.65. The molecule has 1 aromatic heterocycles. The molecule has 0 fully saturated rings. The first-order valence-electron chi connectivity index (χ1n) is 7.01. The highest BCUT2D eigenvalue weighted by atomic mass is 32.1. The summed E-state index contributed by atoms with van der Waals surface area (Å²) < 4.78 is 15.0. The lowest BCUT2D eigenvalue weighted by molar-refractivity contribution is 0.531. The van der Waals surface area contributed by atoms with Crippen LogP contribution in [-0.4, -0.2) is 18.1 Å². The van der Waals surface area contributed by atoms with Crippen molar-refractivity contribution in [2.45, 2.75) is 18.9 Å². The van der Waals surface area contributed by atoms with Crippen LogP contribution in [0.15, 0.2) is 48.5 Å². The molecule has 0 bridgehead atoms. The van der Waals surface area contributed by atoms with E-state index in [-0.39, 0.29) is 11.9 Å². The van der Waals surface area contributed by atoms with Crippen molar-refractivity contribution in [3.8, 4) is 0 Å². The molecular formula is C17H17FN2S. The van der Waals surface area contributed by atoms with E-state index < -0.39 is 0 Å². The van der Waals surface area contributed by atoms with Crippen LogP contribution in [0, 0.1) is 5.82 Å². The van der Waals surface area contributed by atoms with Crippen molar-refractivity contribution in [2.24, 2.45) is 0 Å². The van der Waals surface area contributed by atoms with Gasteiger partial charge in [-0.25, -0.2) is 9.37 Å². The molecule has 0 radical (unpaired) electrons. The van der Waals surface area contributed by atoms with E-state index in [0.29, 0.717) is 6.42 Å². The number of aromatic nitrogens is 1. The summed E-state index contributed by atoms with van der Waals surface area (Å²) in [7, 11) is 1.92. The molecule has 0 aliphatic heterocycles. The van der Waals surface area contributed by atoms with Crippen LogP contribution in [-0.2, 0) is 12.8 Å². The van der Waals surface area contributed by atoms with Gasteiger partial charge in [0.15, 0.2) is 0 Å². The maximum absolute atomic E-state index is 13.8. The first-order chi connectivity index (χ1) is 10.3. The molecule has 4 heteroatoms. The molecule has 0 aliphatic rings. The van der Waals surface area contributed by atoms with Gasteiger partial charge in [-0.3, -0.25) is 0 Å². The van der Waals surface area contributed by atoms with Crippen LogP contribution >= 0.6 is 11.3 Å². The molecule has 2 nitrogen and oxygen atoms in total. The Hall–Kier alpha value is -1.78. The summed E-state index contributed by atoms with van der Waals surface area (Å²) in [6.45, 7) is 0. The SMILES string of the molecule is CNC(Cc1nc2ccccc2s1)Cc1ccccc1F. The van der Waals surface area contributed by atoms with Crippen LogP contribution in [0.25, 0.3) is 10.2 Å². The fourth-order valence-electron chi connectivity index (χ4n) is 2.42. The van der Waals surface area contributed by atoms with Gasteiger partial charge in [-0.15, -0.1) is 11.3 Å². The Morgan fingerprint density at radius 1 is 1.10 bits per heavy atom. The van der Waals surface area contributed by atoms with E-state index in [1.807, 2.05) is 37.4 Å². The predicted molar refractivity (Wildman–Crippen MR) is 86.3 cm³/mol. The maximum Gasteiger partial charge on any atom is 0.126 e. The molecule has 1 unspecified atom stereocenters. The third-order valence-electron chi connectivity index (χ3n) is 3.59. The van der Waals surface area contributed by atoms with E-state index in [0.717, 1.165) is 22.5 Å². The topological polar surface area (TPSA) is 24.9 Å². The molecule has 1 N–H and O–H groups in total. The lowest BCUT2D eigenvalue weighted by Crippen LogP contribution is -2.30. The molecule has 1 atom stereocenters. The van der Waals surface area contributed by atoms with Gasteiger partial charge in [0.25, 0.3) is 0 Å². The van der Waals surface area contributed by atoms with Crippen molar-refractivity contribution in [1.82, 2.24) is 10.3 Å². The fraction of sp³-hybridized carbons (Fsp3) is 0.235. The van der Waals surface area contributed by atoms with Crippen LogP contribution in [0.1, 0.15) is 10.6 Å². The number of para-hydroxylation sites is 1. The van der Waals surface area contributed by atoms with Gasteiger partial charge in [0, 0.05) is 12.5 Å². The predicted octanol–water partition coefficient (Wildman–Crippen LogP) is 3.81.